The molecule has 1 aromatic carbocycles. The summed E-state index contributed by atoms with van der Waals surface area (Å²) >= 11 is 1.42. The number of piperidine rings is 1. The molecule has 1 aromatic rings. The first kappa shape index (κ1) is 18.4. The molecule has 0 aromatic heterocycles. The maximum atomic E-state index is 12.4. The second-order valence-corrected chi connectivity index (χ2v) is 7.37. The first-order valence-corrected chi connectivity index (χ1v) is 9.28. The lowest BCUT2D eigenvalue weighted by Gasteiger charge is -2.37. The van der Waals surface area contributed by atoms with Crippen molar-refractivity contribution >= 4 is 34.5 Å². The van der Waals surface area contributed by atoms with Crippen LogP contribution in [0.25, 0.3) is 0 Å². The van der Waals surface area contributed by atoms with Gasteiger partial charge in [0.2, 0.25) is 0 Å². The van der Waals surface area contributed by atoms with Crippen molar-refractivity contribution in [3.63, 3.8) is 0 Å². The Labute approximate surface area is 156 Å². The van der Waals surface area contributed by atoms with Gasteiger partial charge in [0.15, 0.2) is 5.04 Å². The number of carbonyl (C=O) groups is 2. The lowest BCUT2D eigenvalue weighted by atomic mass is 10.1. The average molecular weight is 378 g/mol. The summed E-state index contributed by atoms with van der Waals surface area (Å²) < 4.78 is 10.1. The second-order valence-electron chi connectivity index (χ2n) is 5.99. The van der Waals surface area contributed by atoms with Crippen LogP contribution in [-0.2, 0) is 9.53 Å². The molecule has 8 nitrogen and oxygen atoms in total. The smallest absolute Gasteiger partial charge is 0.409 e. The molecule has 1 fully saturated rings. The van der Waals surface area contributed by atoms with Crippen LogP contribution in [0.4, 0.5) is 10.5 Å². The predicted molar refractivity (Wildman–Crippen MR) is 100 cm³/mol. The zero-order valence-corrected chi connectivity index (χ0v) is 15.6. The molecule has 140 valence electrons. The van der Waals surface area contributed by atoms with Gasteiger partial charge in [0.05, 0.1) is 13.7 Å². The van der Waals surface area contributed by atoms with Crippen LogP contribution in [-0.4, -0.2) is 53.6 Å². The Kier molecular flexibility index (Phi) is 5.55. The van der Waals surface area contributed by atoms with Crippen molar-refractivity contribution in [2.75, 3.05) is 32.1 Å². The number of anilines is 1. The molecule has 26 heavy (non-hydrogen) atoms. The van der Waals surface area contributed by atoms with Gasteiger partial charge in [0, 0.05) is 18.8 Å². The van der Waals surface area contributed by atoms with Gasteiger partial charge in [0.1, 0.15) is 10.6 Å². The number of hydrogen-bond acceptors (Lipinski definition) is 7. The van der Waals surface area contributed by atoms with E-state index in [0.29, 0.717) is 43.3 Å². The van der Waals surface area contributed by atoms with Crippen molar-refractivity contribution in [1.29, 1.82) is 0 Å². The van der Waals surface area contributed by atoms with Crippen LogP contribution < -0.4 is 15.5 Å². The van der Waals surface area contributed by atoms with E-state index in [2.05, 4.69) is 15.8 Å². The number of nitrogens with one attached hydrogen (secondary N) is 2. The van der Waals surface area contributed by atoms with Gasteiger partial charge in [-0.2, -0.15) is 5.10 Å². The number of hydrogen-bond donors (Lipinski definition) is 2. The van der Waals surface area contributed by atoms with Crippen LogP contribution in [0, 0.1) is 0 Å². The normalized spacial score (nSPS) is 18.1. The summed E-state index contributed by atoms with van der Waals surface area (Å²) in [4.78, 5) is 25.6. The van der Waals surface area contributed by atoms with E-state index < -0.39 is 0 Å². The second kappa shape index (κ2) is 7.86. The predicted octanol–water partition coefficient (Wildman–Crippen LogP) is 2.23. The minimum atomic E-state index is -0.338. The zero-order valence-electron chi connectivity index (χ0n) is 14.8. The highest BCUT2D eigenvalue weighted by Crippen LogP contribution is 2.38. The van der Waals surface area contributed by atoms with E-state index in [1.54, 1.807) is 43.2 Å². The Balaban J connectivity index is 1.53. The highest BCUT2D eigenvalue weighted by molar-refractivity contribution is 8.17. The maximum absolute atomic E-state index is 12.4. The van der Waals surface area contributed by atoms with Crippen LogP contribution >= 0.6 is 11.8 Å². The molecule has 9 heteroatoms. The number of benzene rings is 1. The van der Waals surface area contributed by atoms with E-state index in [1.165, 1.54) is 11.8 Å². The fourth-order valence-electron chi connectivity index (χ4n) is 2.82. The number of rotatable bonds is 4. The molecule has 0 unspecified atom stereocenters. The summed E-state index contributed by atoms with van der Waals surface area (Å²) in [5.41, 5.74) is 3.77. The Morgan fingerprint density at radius 1 is 1.31 bits per heavy atom. The number of ether oxygens (including phenoxy) is 2. The van der Waals surface area contributed by atoms with Gasteiger partial charge in [-0.15, -0.1) is 0 Å². The summed E-state index contributed by atoms with van der Waals surface area (Å²) in [7, 11) is 1.59. The molecule has 0 saturated carbocycles. The van der Waals surface area contributed by atoms with Gasteiger partial charge in [0.25, 0.3) is 5.91 Å². The molecule has 2 heterocycles. The van der Waals surface area contributed by atoms with Gasteiger partial charge >= 0.3 is 6.09 Å². The minimum absolute atomic E-state index is 0.252. The van der Waals surface area contributed by atoms with Gasteiger partial charge < -0.3 is 19.7 Å². The average Bonchev–Trinajstić information content (AvgIpc) is 3.07. The molecule has 3 rings (SSSR count). The van der Waals surface area contributed by atoms with Crippen molar-refractivity contribution in [2.45, 2.75) is 24.6 Å². The van der Waals surface area contributed by atoms with E-state index >= 15 is 0 Å². The number of thioether (sulfide) groups is 1. The van der Waals surface area contributed by atoms with Gasteiger partial charge in [-0.1, -0.05) is 11.8 Å². The SMILES string of the molecule is CCOC(=O)N1CCC2(CC1)NN=C(C(=O)Nc1ccc(OC)cc1)S2. The topological polar surface area (TPSA) is 92.3 Å². The van der Waals surface area contributed by atoms with Gasteiger partial charge in [-0.05, 0) is 44.0 Å². The molecule has 1 spiro atoms. The monoisotopic (exact) mass is 378 g/mol. The first-order chi connectivity index (χ1) is 12.5. The minimum Gasteiger partial charge on any atom is -0.497 e. The molecule has 2 N–H and O–H groups in total. The summed E-state index contributed by atoms with van der Waals surface area (Å²) in [5, 5.41) is 7.43. The van der Waals surface area contributed by atoms with E-state index in [9.17, 15) is 9.59 Å². The molecule has 0 aliphatic carbocycles. The van der Waals surface area contributed by atoms with Crippen LogP contribution in [0.1, 0.15) is 19.8 Å². The number of amides is 2. The Bertz CT molecular complexity index is 699. The molecule has 2 aliphatic heterocycles. The largest absolute Gasteiger partial charge is 0.497 e. The molecule has 0 bridgehead atoms. The lowest BCUT2D eigenvalue weighted by molar-refractivity contribution is -0.110. The summed E-state index contributed by atoms with van der Waals surface area (Å²) in [6, 6.07) is 7.12. The third-order valence-electron chi connectivity index (χ3n) is 4.29. The van der Waals surface area contributed by atoms with E-state index in [0.717, 1.165) is 5.75 Å². The number of nitrogens with zero attached hydrogens (tertiary/aromatic N) is 2. The standard InChI is InChI=1S/C17H22N4O4S/c1-3-25-16(23)21-10-8-17(9-11-21)20-19-15(26-17)14(22)18-12-4-6-13(24-2)7-5-12/h4-7,20H,3,8-11H2,1-2H3,(H,18,22). The van der Waals surface area contributed by atoms with Crippen LogP contribution in [0.2, 0.25) is 0 Å². The van der Waals surface area contributed by atoms with Crippen molar-refractivity contribution in [3.05, 3.63) is 24.3 Å². The Morgan fingerprint density at radius 3 is 2.62 bits per heavy atom. The van der Waals surface area contributed by atoms with Crippen molar-refractivity contribution in [3.8, 4) is 5.75 Å². The Hall–Kier alpha value is -2.42. The van der Waals surface area contributed by atoms with Crippen molar-refractivity contribution in [1.82, 2.24) is 10.3 Å². The van der Waals surface area contributed by atoms with Gasteiger partial charge in [-0.25, -0.2) is 4.79 Å². The molecule has 0 radical (unpaired) electrons. The first-order valence-electron chi connectivity index (χ1n) is 8.46. The van der Waals surface area contributed by atoms with Crippen molar-refractivity contribution in [2.24, 2.45) is 5.10 Å². The van der Waals surface area contributed by atoms with Crippen molar-refractivity contribution < 1.29 is 19.1 Å². The van der Waals surface area contributed by atoms with Crippen LogP contribution in [0.3, 0.4) is 0 Å². The van der Waals surface area contributed by atoms with E-state index in [1.807, 2.05) is 0 Å². The molecule has 0 atom stereocenters. The van der Waals surface area contributed by atoms with Crippen LogP contribution in [0.15, 0.2) is 29.4 Å². The van der Waals surface area contributed by atoms with E-state index in [-0.39, 0.29) is 16.9 Å². The number of methoxy groups -OCH3 is 1. The fourth-order valence-corrected chi connectivity index (χ4v) is 3.90. The third-order valence-corrected chi connectivity index (χ3v) is 5.65. The summed E-state index contributed by atoms with van der Waals surface area (Å²) in [6.45, 7) is 3.30. The maximum Gasteiger partial charge on any atom is 0.409 e. The summed E-state index contributed by atoms with van der Waals surface area (Å²) in [6.07, 6.45) is 1.10. The molecular weight excluding hydrogens is 356 g/mol. The quantitative estimate of drug-likeness (QED) is 0.835. The highest BCUT2D eigenvalue weighted by Gasteiger charge is 2.43. The molecule has 2 amide bonds. The fraction of sp³-hybridized carbons (Fsp3) is 0.471. The molecular formula is C17H22N4O4S. The summed E-state index contributed by atoms with van der Waals surface area (Å²) in [5.74, 6) is 0.474. The molecule has 2 aliphatic rings. The van der Waals surface area contributed by atoms with Crippen LogP contribution in [0.5, 0.6) is 5.75 Å². The highest BCUT2D eigenvalue weighted by atomic mass is 32.2. The lowest BCUT2D eigenvalue weighted by Crippen LogP contribution is -2.49. The number of carbonyl (C=O) groups excluding carboxylic acids is 2. The van der Waals surface area contributed by atoms with E-state index in [4.69, 9.17) is 9.47 Å². The number of hydrazone groups is 1. The zero-order chi connectivity index (χ0) is 18.6. The third kappa shape index (κ3) is 4.04. The number of likely N-dealkylation sites (tertiary alicyclic amines) is 1. The Morgan fingerprint density at radius 2 is 2.00 bits per heavy atom. The van der Waals surface area contributed by atoms with Gasteiger partial charge in [-0.3, -0.25) is 10.2 Å². The molecule has 1 saturated heterocycles.